The van der Waals surface area contributed by atoms with Gasteiger partial charge in [-0.05, 0) is 36.8 Å². The summed E-state index contributed by atoms with van der Waals surface area (Å²) < 4.78 is 12.1. The van der Waals surface area contributed by atoms with E-state index in [0.717, 1.165) is 15.8 Å². The van der Waals surface area contributed by atoms with E-state index in [-0.39, 0.29) is 24.2 Å². The largest absolute Gasteiger partial charge is 0.493 e. The summed E-state index contributed by atoms with van der Waals surface area (Å²) in [5.74, 6) is 0.662. The molecule has 0 spiro atoms. The highest BCUT2D eigenvalue weighted by Gasteiger charge is 2.15. The van der Waals surface area contributed by atoms with Crippen molar-refractivity contribution in [2.75, 3.05) is 17.7 Å². The van der Waals surface area contributed by atoms with Gasteiger partial charge in [0.1, 0.15) is 5.75 Å². The maximum atomic E-state index is 12.3. The number of anilines is 2. The molecule has 4 aromatic rings. The Morgan fingerprint density at radius 2 is 2.11 bits per heavy atom. The van der Waals surface area contributed by atoms with E-state index in [1.54, 1.807) is 0 Å². The number of ether oxygens (including phenoxy) is 1. The highest BCUT2D eigenvalue weighted by Crippen LogP contribution is 2.29. The standard InChI is InChI=1S/C19H17N5O3S/c1-2-26-14-6-4-3-5-12(14)17-23-24-19(27-17)22-16(25)10-11-7-8-13-15(9-11)28-18(20)21-13/h3-9H,2,10H2,1H3,(H2,20,21)(H,22,24,25). The number of benzene rings is 2. The molecular formula is C19H17N5O3S. The molecule has 9 heteroatoms. The highest BCUT2D eigenvalue weighted by atomic mass is 32.1. The highest BCUT2D eigenvalue weighted by molar-refractivity contribution is 7.22. The van der Waals surface area contributed by atoms with Crippen molar-refractivity contribution in [3.8, 4) is 17.2 Å². The van der Waals surface area contributed by atoms with Gasteiger partial charge in [0.15, 0.2) is 5.13 Å². The van der Waals surface area contributed by atoms with Gasteiger partial charge < -0.3 is 14.9 Å². The van der Waals surface area contributed by atoms with Crippen LogP contribution in [-0.2, 0) is 11.2 Å². The SMILES string of the molecule is CCOc1ccccc1-c1nnc(NC(=O)Cc2ccc3nc(N)sc3c2)o1. The number of carbonyl (C=O) groups is 1. The second kappa shape index (κ2) is 7.65. The van der Waals surface area contributed by atoms with Gasteiger partial charge in [0, 0.05) is 0 Å². The molecule has 0 aliphatic heterocycles. The smallest absolute Gasteiger partial charge is 0.322 e. The van der Waals surface area contributed by atoms with Gasteiger partial charge in [-0.2, -0.15) is 0 Å². The number of nitrogens with one attached hydrogen (secondary N) is 1. The average molecular weight is 395 g/mol. The Labute approximate surface area is 164 Å². The molecule has 0 saturated heterocycles. The third kappa shape index (κ3) is 3.79. The van der Waals surface area contributed by atoms with Crippen LogP contribution < -0.4 is 15.8 Å². The lowest BCUT2D eigenvalue weighted by Crippen LogP contribution is -2.14. The number of fused-ring (bicyclic) bond motifs is 1. The average Bonchev–Trinajstić information content (AvgIpc) is 3.27. The molecule has 3 N–H and O–H groups in total. The van der Waals surface area contributed by atoms with Gasteiger partial charge in [-0.15, -0.1) is 5.10 Å². The molecule has 4 rings (SSSR count). The van der Waals surface area contributed by atoms with Crippen LogP contribution in [0, 0.1) is 0 Å². The number of carbonyl (C=O) groups excluding carboxylic acids is 1. The molecule has 2 aromatic carbocycles. The van der Waals surface area contributed by atoms with Crippen molar-refractivity contribution >= 4 is 38.6 Å². The zero-order valence-electron chi connectivity index (χ0n) is 15.0. The van der Waals surface area contributed by atoms with E-state index in [1.807, 2.05) is 49.4 Å². The third-order valence-electron chi connectivity index (χ3n) is 3.92. The predicted octanol–water partition coefficient (Wildman–Crippen LogP) is 3.51. The number of aromatic nitrogens is 3. The lowest BCUT2D eigenvalue weighted by Gasteiger charge is -2.06. The summed E-state index contributed by atoms with van der Waals surface area (Å²) in [7, 11) is 0. The minimum Gasteiger partial charge on any atom is -0.493 e. The van der Waals surface area contributed by atoms with Gasteiger partial charge >= 0.3 is 6.01 Å². The second-order valence-electron chi connectivity index (χ2n) is 5.92. The molecule has 28 heavy (non-hydrogen) atoms. The van der Waals surface area contributed by atoms with E-state index in [1.165, 1.54) is 11.3 Å². The van der Waals surface area contributed by atoms with Crippen molar-refractivity contribution in [1.29, 1.82) is 0 Å². The number of amides is 1. The minimum absolute atomic E-state index is 0.0365. The molecule has 2 aromatic heterocycles. The Morgan fingerprint density at radius 3 is 2.96 bits per heavy atom. The molecule has 142 valence electrons. The zero-order chi connectivity index (χ0) is 19.5. The van der Waals surface area contributed by atoms with Gasteiger partial charge in [-0.3, -0.25) is 10.1 Å². The van der Waals surface area contributed by atoms with Crippen molar-refractivity contribution in [2.45, 2.75) is 13.3 Å². The van der Waals surface area contributed by atoms with Crippen molar-refractivity contribution in [1.82, 2.24) is 15.2 Å². The maximum absolute atomic E-state index is 12.3. The lowest BCUT2D eigenvalue weighted by molar-refractivity contribution is -0.115. The van der Waals surface area contributed by atoms with Crippen LogP contribution in [0.3, 0.4) is 0 Å². The summed E-state index contributed by atoms with van der Waals surface area (Å²) in [6, 6.07) is 13.0. The molecular weight excluding hydrogens is 378 g/mol. The molecule has 8 nitrogen and oxygen atoms in total. The summed E-state index contributed by atoms with van der Waals surface area (Å²) in [5.41, 5.74) is 8.05. The lowest BCUT2D eigenvalue weighted by atomic mass is 10.1. The number of rotatable bonds is 6. The summed E-state index contributed by atoms with van der Waals surface area (Å²) in [6.07, 6.45) is 0.168. The van der Waals surface area contributed by atoms with Gasteiger partial charge in [-0.25, -0.2) is 4.98 Å². The summed E-state index contributed by atoms with van der Waals surface area (Å²) in [4.78, 5) is 16.5. The van der Waals surface area contributed by atoms with Crippen molar-refractivity contribution in [3.63, 3.8) is 0 Å². The van der Waals surface area contributed by atoms with E-state index >= 15 is 0 Å². The summed E-state index contributed by atoms with van der Waals surface area (Å²) >= 11 is 1.39. The van der Waals surface area contributed by atoms with Crippen LogP contribution in [-0.4, -0.2) is 27.7 Å². The quantitative estimate of drug-likeness (QED) is 0.513. The van der Waals surface area contributed by atoms with Crippen molar-refractivity contribution in [3.05, 3.63) is 48.0 Å². The van der Waals surface area contributed by atoms with Crippen LogP contribution in [0.15, 0.2) is 46.9 Å². The number of hydrogen-bond acceptors (Lipinski definition) is 8. The Bertz CT molecular complexity index is 1140. The zero-order valence-corrected chi connectivity index (χ0v) is 15.8. The Kier molecular flexibility index (Phi) is 4.90. The molecule has 0 unspecified atom stereocenters. The normalized spacial score (nSPS) is 10.9. The molecule has 0 fully saturated rings. The number of thiazole rings is 1. The molecule has 0 bridgehead atoms. The summed E-state index contributed by atoms with van der Waals surface area (Å²) in [6.45, 7) is 2.42. The van der Waals surface area contributed by atoms with E-state index in [9.17, 15) is 4.79 Å². The fourth-order valence-corrected chi connectivity index (χ4v) is 3.55. The van der Waals surface area contributed by atoms with Crippen molar-refractivity contribution in [2.24, 2.45) is 0 Å². The van der Waals surface area contributed by atoms with E-state index in [0.29, 0.717) is 23.1 Å². The number of nitrogens with two attached hydrogens (primary N) is 1. The minimum atomic E-state index is -0.259. The van der Waals surface area contributed by atoms with Gasteiger partial charge in [0.25, 0.3) is 5.89 Å². The number of hydrogen-bond donors (Lipinski definition) is 2. The second-order valence-corrected chi connectivity index (χ2v) is 6.98. The number of nitrogen functional groups attached to an aromatic ring is 1. The van der Waals surface area contributed by atoms with Crippen LogP contribution in [0.25, 0.3) is 21.7 Å². The van der Waals surface area contributed by atoms with Crippen molar-refractivity contribution < 1.29 is 13.9 Å². The molecule has 0 radical (unpaired) electrons. The van der Waals surface area contributed by atoms with Crippen LogP contribution >= 0.6 is 11.3 Å². The molecule has 0 saturated carbocycles. The Morgan fingerprint density at radius 1 is 1.25 bits per heavy atom. The van der Waals surface area contributed by atoms with Gasteiger partial charge in [0.05, 0.1) is 28.8 Å². The molecule has 1 amide bonds. The molecule has 0 aliphatic rings. The van der Waals surface area contributed by atoms with Crippen LogP contribution in [0.5, 0.6) is 5.75 Å². The maximum Gasteiger partial charge on any atom is 0.322 e. The Hall–Kier alpha value is -3.46. The topological polar surface area (TPSA) is 116 Å². The molecule has 0 aliphatic carbocycles. The first-order valence-electron chi connectivity index (χ1n) is 8.63. The monoisotopic (exact) mass is 395 g/mol. The van der Waals surface area contributed by atoms with E-state index < -0.39 is 0 Å². The van der Waals surface area contributed by atoms with Crippen LogP contribution in [0.4, 0.5) is 11.1 Å². The van der Waals surface area contributed by atoms with E-state index in [2.05, 4.69) is 20.5 Å². The van der Waals surface area contributed by atoms with E-state index in [4.69, 9.17) is 14.9 Å². The first kappa shape index (κ1) is 17.9. The number of nitrogens with zero attached hydrogens (tertiary/aromatic N) is 3. The fourth-order valence-electron chi connectivity index (χ4n) is 2.75. The predicted molar refractivity (Wildman–Crippen MR) is 107 cm³/mol. The molecule has 2 heterocycles. The van der Waals surface area contributed by atoms with Gasteiger partial charge in [-0.1, -0.05) is 34.6 Å². The third-order valence-corrected chi connectivity index (χ3v) is 4.77. The van der Waals surface area contributed by atoms with Crippen LogP contribution in [0.2, 0.25) is 0 Å². The van der Waals surface area contributed by atoms with Crippen LogP contribution in [0.1, 0.15) is 12.5 Å². The summed E-state index contributed by atoms with van der Waals surface area (Å²) in [5, 5.41) is 11.0. The number of para-hydroxylation sites is 1. The first-order valence-corrected chi connectivity index (χ1v) is 9.44. The van der Waals surface area contributed by atoms with Gasteiger partial charge in [0.2, 0.25) is 5.91 Å². The fraction of sp³-hybridized carbons (Fsp3) is 0.158. The first-order chi connectivity index (χ1) is 13.6. The Balaban J connectivity index is 1.46. The molecule has 0 atom stereocenters.